The van der Waals surface area contributed by atoms with Crippen LogP contribution in [0, 0.1) is 0 Å². The molecule has 1 aromatic carbocycles. The molecule has 4 nitrogen and oxygen atoms in total. The van der Waals surface area contributed by atoms with E-state index in [1.807, 2.05) is 0 Å². The lowest BCUT2D eigenvalue weighted by atomic mass is 10.1. The van der Waals surface area contributed by atoms with E-state index in [1.54, 1.807) is 5.32 Å². The van der Waals surface area contributed by atoms with Gasteiger partial charge in [-0.15, -0.1) is 0 Å². The summed E-state index contributed by atoms with van der Waals surface area (Å²) in [7, 11) is 0. The number of carbonyl (C=O) groups is 2. The Labute approximate surface area is 115 Å². The quantitative estimate of drug-likeness (QED) is 0.839. The fourth-order valence-electron chi connectivity index (χ4n) is 1.29. The van der Waals surface area contributed by atoms with E-state index in [1.165, 1.54) is 0 Å². The predicted molar refractivity (Wildman–Crippen MR) is 61.3 cm³/mol. The summed E-state index contributed by atoms with van der Waals surface area (Å²) in [6, 6.07) is 0.194. The first-order valence-electron chi connectivity index (χ1n) is 5.12. The molecule has 2 N–H and O–H groups in total. The van der Waals surface area contributed by atoms with Crippen LogP contribution >= 0.6 is 11.6 Å². The van der Waals surface area contributed by atoms with E-state index < -0.39 is 41.9 Å². The first-order valence-corrected chi connectivity index (χ1v) is 5.50. The topological polar surface area (TPSA) is 66.4 Å². The molecule has 0 saturated carbocycles. The molecule has 9 heteroatoms. The molecule has 1 aromatic rings. The molecule has 20 heavy (non-hydrogen) atoms. The number of hydrogen-bond acceptors (Lipinski definition) is 2. The average molecular weight is 314 g/mol. The Hall–Kier alpha value is -1.83. The van der Waals surface area contributed by atoms with E-state index in [2.05, 4.69) is 0 Å². The number of carbonyl (C=O) groups excluding carboxylic acids is 1. The van der Waals surface area contributed by atoms with E-state index in [9.17, 15) is 27.2 Å². The van der Waals surface area contributed by atoms with Gasteiger partial charge in [0.1, 0.15) is 6.67 Å². The number of nitrogens with one attached hydrogen (secondary N) is 1. The molecule has 0 saturated heterocycles. The van der Waals surface area contributed by atoms with Gasteiger partial charge in [-0.25, -0.2) is 9.18 Å². The van der Waals surface area contributed by atoms with Gasteiger partial charge in [0.2, 0.25) is 0 Å². The molecule has 1 amide bonds. The van der Waals surface area contributed by atoms with Crippen LogP contribution in [0.2, 0.25) is 5.02 Å². The van der Waals surface area contributed by atoms with E-state index in [-0.39, 0.29) is 5.02 Å². The zero-order valence-electron chi connectivity index (χ0n) is 9.67. The summed E-state index contributed by atoms with van der Waals surface area (Å²) in [5.41, 5.74) is -1.67. The molecule has 0 radical (unpaired) electrons. The lowest BCUT2D eigenvalue weighted by molar-refractivity contribution is -0.140. The summed E-state index contributed by atoms with van der Waals surface area (Å²) in [5.74, 6) is -2.80. The Balaban J connectivity index is 3.05. The van der Waals surface area contributed by atoms with Crippen LogP contribution in [-0.2, 0) is 11.0 Å². The summed E-state index contributed by atoms with van der Waals surface area (Å²) in [6.07, 6.45) is -4.72. The molecule has 0 heterocycles. The van der Waals surface area contributed by atoms with Gasteiger partial charge in [-0.1, -0.05) is 11.6 Å². The van der Waals surface area contributed by atoms with Crippen molar-refractivity contribution in [1.82, 2.24) is 5.32 Å². The van der Waals surface area contributed by atoms with Gasteiger partial charge in [0.25, 0.3) is 5.91 Å². The van der Waals surface area contributed by atoms with Gasteiger partial charge >= 0.3 is 12.1 Å². The van der Waals surface area contributed by atoms with Crippen LogP contribution in [0.4, 0.5) is 17.6 Å². The van der Waals surface area contributed by atoms with Gasteiger partial charge in [0, 0.05) is 10.6 Å². The normalized spacial score (nSPS) is 12.8. The molecular weight excluding hydrogens is 306 g/mol. The maximum atomic E-state index is 12.5. The summed E-state index contributed by atoms with van der Waals surface area (Å²) in [6.45, 7) is -1.40. The van der Waals surface area contributed by atoms with E-state index >= 15 is 0 Å². The monoisotopic (exact) mass is 313 g/mol. The third-order valence-corrected chi connectivity index (χ3v) is 2.46. The number of carboxylic acids is 1. The maximum absolute atomic E-state index is 12.5. The molecule has 1 unspecified atom stereocenters. The lowest BCUT2D eigenvalue weighted by Gasteiger charge is -2.13. The molecule has 0 aromatic heterocycles. The van der Waals surface area contributed by atoms with Crippen molar-refractivity contribution in [3.8, 4) is 0 Å². The van der Waals surface area contributed by atoms with Gasteiger partial charge in [0.05, 0.1) is 5.56 Å². The smallest absolute Gasteiger partial charge is 0.416 e. The van der Waals surface area contributed by atoms with Crippen molar-refractivity contribution in [2.75, 3.05) is 6.67 Å². The molecule has 0 fully saturated rings. The largest absolute Gasteiger partial charge is 0.480 e. The zero-order chi connectivity index (χ0) is 15.5. The Morgan fingerprint density at radius 1 is 1.30 bits per heavy atom. The van der Waals surface area contributed by atoms with Crippen LogP contribution in [0.25, 0.3) is 0 Å². The Kier molecular flexibility index (Phi) is 4.93. The molecular formula is C11H8ClF4NO3. The number of rotatable bonds is 4. The number of benzene rings is 1. The molecule has 1 rings (SSSR count). The van der Waals surface area contributed by atoms with Crippen LogP contribution in [0.1, 0.15) is 15.9 Å². The number of amides is 1. The maximum Gasteiger partial charge on any atom is 0.416 e. The van der Waals surface area contributed by atoms with Gasteiger partial charge in [0.15, 0.2) is 6.04 Å². The second-order valence-electron chi connectivity index (χ2n) is 3.74. The van der Waals surface area contributed by atoms with Crippen LogP contribution in [0.5, 0.6) is 0 Å². The molecule has 1 atom stereocenters. The van der Waals surface area contributed by atoms with Crippen molar-refractivity contribution in [2.24, 2.45) is 0 Å². The van der Waals surface area contributed by atoms with Gasteiger partial charge in [-0.3, -0.25) is 4.79 Å². The predicted octanol–water partition coefficient (Wildman–Crippen LogP) is 2.51. The highest BCUT2D eigenvalue weighted by Gasteiger charge is 2.32. The Morgan fingerprint density at radius 3 is 2.35 bits per heavy atom. The third kappa shape index (κ3) is 4.09. The fraction of sp³-hybridized carbons (Fsp3) is 0.273. The van der Waals surface area contributed by atoms with Crippen molar-refractivity contribution >= 4 is 23.5 Å². The highest BCUT2D eigenvalue weighted by molar-refractivity contribution is 6.31. The lowest BCUT2D eigenvalue weighted by Crippen LogP contribution is -2.42. The number of halogens is 5. The second kappa shape index (κ2) is 6.08. The minimum absolute atomic E-state index is 0.350. The Bertz CT molecular complexity index is 533. The molecule has 0 aliphatic heterocycles. The highest BCUT2D eigenvalue weighted by atomic mass is 35.5. The van der Waals surface area contributed by atoms with Crippen LogP contribution in [0.15, 0.2) is 18.2 Å². The van der Waals surface area contributed by atoms with Crippen LogP contribution < -0.4 is 5.32 Å². The number of hydrogen-bond donors (Lipinski definition) is 2. The minimum Gasteiger partial charge on any atom is -0.480 e. The van der Waals surface area contributed by atoms with Crippen molar-refractivity contribution in [3.05, 3.63) is 34.3 Å². The number of alkyl halides is 4. The SMILES string of the molecule is O=C(NC(CF)C(=O)O)c1cc(Cl)cc(C(F)(F)F)c1. The second-order valence-corrected chi connectivity index (χ2v) is 4.18. The summed E-state index contributed by atoms with van der Waals surface area (Å²) in [5, 5.41) is 9.95. The van der Waals surface area contributed by atoms with Crippen molar-refractivity contribution < 1.29 is 32.3 Å². The van der Waals surface area contributed by atoms with Gasteiger partial charge in [-0.2, -0.15) is 13.2 Å². The summed E-state index contributed by atoms with van der Waals surface area (Å²) >= 11 is 5.46. The minimum atomic E-state index is -4.72. The molecule has 0 aliphatic carbocycles. The fourth-order valence-corrected chi connectivity index (χ4v) is 1.53. The van der Waals surface area contributed by atoms with E-state index in [4.69, 9.17) is 16.7 Å². The van der Waals surface area contributed by atoms with Gasteiger partial charge < -0.3 is 10.4 Å². The van der Waals surface area contributed by atoms with Crippen LogP contribution in [-0.4, -0.2) is 29.7 Å². The van der Waals surface area contributed by atoms with Gasteiger partial charge in [-0.05, 0) is 18.2 Å². The summed E-state index contributed by atoms with van der Waals surface area (Å²) < 4.78 is 49.9. The Morgan fingerprint density at radius 2 is 1.90 bits per heavy atom. The van der Waals surface area contributed by atoms with Crippen molar-refractivity contribution in [3.63, 3.8) is 0 Å². The third-order valence-electron chi connectivity index (χ3n) is 2.25. The van der Waals surface area contributed by atoms with E-state index in [0.29, 0.717) is 12.1 Å². The summed E-state index contributed by atoms with van der Waals surface area (Å²) in [4.78, 5) is 22.1. The van der Waals surface area contributed by atoms with Crippen molar-refractivity contribution in [2.45, 2.75) is 12.2 Å². The van der Waals surface area contributed by atoms with Crippen molar-refractivity contribution in [1.29, 1.82) is 0 Å². The standard InChI is InChI=1S/C11H8ClF4NO3/c12-7-2-5(1-6(3-7)11(14,15)16)9(18)17-8(4-13)10(19)20/h1-3,8H,4H2,(H,17,18)(H,19,20). The number of carboxylic acid groups (broad SMARTS) is 1. The molecule has 110 valence electrons. The first-order chi connectivity index (χ1) is 9.15. The van der Waals surface area contributed by atoms with Crippen LogP contribution in [0.3, 0.4) is 0 Å². The first kappa shape index (κ1) is 16.2. The van der Waals surface area contributed by atoms with E-state index in [0.717, 1.165) is 6.07 Å². The molecule has 0 aliphatic rings. The average Bonchev–Trinajstić information content (AvgIpc) is 2.33. The number of aliphatic carboxylic acids is 1. The molecule has 0 spiro atoms. The highest BCUT2D eigenvalue weighted by Crippen LogP contribution is 2.31. The zero-order valence-corrected chi connectivity index (χ0v) is 10.4. The molecule has 0 bridgehead atoms.